The second kappa shape index (κ2) is 4.81. The van der Waals surface area contributed by atoms with E-state index in [4.69, 9.17) is 15.7 Å². The van der Waals surface area contributed by atoms with Crippen LogP contribution in [0.2, 0.25) is 0 Å². The average Bonchev–Trinajstić information content (AvgIpc) is 2.63. The molecule has 1 aliphatic carbocycles. The number of ether oxygens (including phenoxy) is 1. The molecule has 86 valence electrons. The van der Waals surface area contributed by atoms with Crippen molar-refractivity contribution in [2.75, 3.05) is 26.3 Å². The van der Waals surface area contributed by atoms with Gasteiger partial charge in [-0.3, -0.25) is 4.90 Å². The number of fused-ring (bicyclic) bond motifs is 1. The van der Waals surface area contributed by atoms with Crippen molar-refractivity contribution in [2.24, 2.45) is 16.8 Å². The minimum absolute atomic E-state index is 0.294. The minimum atomic E-state index is 0.294. The van der Waals surface area contributed by atoms with Crippen LogP contribution in [0.1, 0.15) is 19.3 Å². The lowest BCUT2D eigenvalue weighted by atomic mass is 10.0. The van der Waals surface area contributed by atoms with Crippen LogP contribution in [0.15, 0.2) is 5.16 Å². The Hall–Kier alpha value is -0.810. The van der Waals surface area contributed by atoms with Crippen molar-refractivity contribution in [2.45, 2.75) is 25.3 Å². The van der Waals surface area contributed by atoms with Gasteiger partial charge in [0.15, 0.2) is 5.84 Å². The second-order valence-electron chi connectivity index (χ2n) is 4.40. The number of nitrogens with zero attached hydrogens (tertiary/aromatic N) is 2. The fraction of sp³-hybridized carbons (Fsp3) is 0.900. The third-order valence-corrected chi connectivity index (χ3v) is 3.44. The van der Waals surface area contributed by atoms with E-state index in [1.165, 1.54) is 19.3 Å². The zero-order chi connectivity index (χ0) is 10.7. The van der Waals surface area contributed by atoms with Crippen molar-refractivity contribution in [3.63, 3.8) is 0 Å². The van der Waals surface area contributed by atoms with Gasteiger partial charge in [-0.1, -0.05) is 11.6 Å². The summed E-state index contributed by atoms with van der Waals surface area (Å²) in [6.45, 7) is 3.07. The molecule has 1 aliphatic heterocycles. The van der Waals surface area contributed by atoms with Crippen LogP contribution in [0.5, 0.6) is 0 Å². The molecule has 0 bridgehead atoms. The summed E-state index contributed by atoms with van der Waals surface area (Å²) in [5, 5.41) is 11.6. The molecule has 2 fully saturated rings. The number of hydrogen-bond donors (Lipinski definition) is 2. The highest BCUT2D eigenvalue weighted by Crippen LogP contribution is 2.31. The van der Waals surface area contributed by atoms with Gasteiger partial charge in [0.05, 0.1) is 19.8 Å². The summed E-state index contributed by atoms with van der Waals surface area (Å²) in [7, 11) is 0. The van der Waals surface area contributed by atoms with Crippen LogP contribution in [0.25, 0.3) is 0 Å². The Morgan fingerprint density at radius 3 is 3.20 bits per heavy atom. The highest BCUT2D eigenvalue weighted by atomic mass is 16.5. The topological polar surface area (TPSA) is 71.1 Å². The molecule has 5 nitrogen and oxygen atoms in total. The smallest absolute Gasteiger partial charge is 0.153 e. The molecule has 0 aromatic carbocycles. The van der Waals surface area contributed by atoms with E-state index in [9.17, 15) is 0 Å². The zero-order valence-corrected chi connectivity index (χ0v) is 8.93. The number of amidine groups is 1. The number of nitrogens with two attached hydrogens (primary N) is 1. The Morgan fingerprint density at radius 1 is 1.53 bits per heavy atom. The van der Waals surface area contributed by atoms with Crippen LogP contribution in [0, 0.1) is 5.92 Å². The van der Waals surface area contributed by atoms with Gasteiger partial charge in [-0.15, -0.1) is 0 Å². The van der Waals surface area contributed by atoms with Crippen molar-refractivity contribution in [1.29, 1.82) is 0 Å². The lowest BCUT2D eigenvalue weighted by molar-refractivity contribution is 0.120. The van der Waals surface area contributed by atoms with Gasteiger partial charge in [0.25, 0.3) is 0 Å². The van der Waals surface area contributed by atoms with Crippen molar-refractivity contribution in [1.82, 2.24) is 4.90 Å². The number of rotatable bonds is 2. The maximum atomic E-state index is 8.58. The Morgan fingerprint density at radius 2 is 2.40 bits per heavy atom. The molecule has 0 radical (unpaired) electrons. The van der Waals surface area contributed by atoms with Crippen molar-refractivity contribution in [3.8, 4) is 0 Å². The van der Waals surface area contributed by atoms with Gasteiger partial charge in [-0.25, -0.2) is 0 Å². The van der Waals surface area contributed by atoms with Gasteiger partial charge < -0.3 is 15.7 Å². The SMILES string of the molecule is NC(CN1CCOC[C@@H]2CCC[C@H]21)=NO. The van der Waals surface area contributed by atoms with Gasteiger partial charge in [-0.2, -0.15) is 0 Å². The molecule has 1 saturated heterocycles. The molecule has 2 rings (SSSR count). The van der Waals surface area contributed by atoms with Crippen LogP contribution in [0.4, 0.5) is 0 Å². The molecular weight excluding hydrogens is 194 g/mol. The van der Waals surface area contributed by atoms with Gasteiger partial charge in [0.2, 0.25) is 0 Å². The van der Waals surface area contributed by atoms with Crippen LogP contribution in [0.3, 0.4) is 0 Å². The molecule has 0 aromatic rings. The first-order chi connectivity index (χ1) is 7.31. The third kappa shape index (κ3) is 2.41. The summed E-state index contributed by atoms with van der Waals surface area (Å²) in [6.07, 6.45) is 3.73. The Balaban J connectivity index is 2.01. The molecule has 3 N–H and O–H groups in total. The molecule has 1 saturated carbocycles. The molecule has 15 heavy (non-hydrogen) atoms. The van der Waals surface area contributed by atoms with Gasteiger partial charge in [0, 0.05) is 12.6 Å². The molecular formula is C10H19N3O2. The van der Waals surface area contributed by atoms with Crippen LogP contribution in [-0.4, -0.2) is 48.3 Å². The van der Waals surface area contributed by atoms with Crippen molar-refractivity contribution < 1.29 is 9.94 Å². The lowest BCUT2D eigenvalue weighted by Gasteiger charge is -2.28. The summed E-state index contributed by atoms with van der Waals surface area (Å²) >= 11 is 0. The van der Waals surface area contributed by atoms with Crippen molar-refractivity contribution in [3.05, 3.63) is 0 Å². The summed E-state index contributed by atoms with van der Waals surface area (Å²) in [4.78, 5) is 2.29. The molecule has 2 aliphatic rings. The highest BCUT2D eigenvalue weighted by Gasteiger charge is 2.34. The van der Waals surface area contributed by atoms with Gasteiger partial charge in [0.1, 0.15) is 0 Å². The maximum Gasteiger partial charge on any atom is 0.153 e. The fourth-order valence-corrected chi connectivity index (χ4v) is 2.71. The average molecular weight is 213 g/mol. The molecule has 5 heteroatoms. The highest BCUT2D eigenvalue weighted by molar-refractivity contribution is 5.81. The van der Waals surface area contributed by atoms with Crippen molar-refractivity contribution >= 4 is 5.84 Å². The van der Waals surface area contributed by atoms with E-state index in [-0.39, 0.29) is 0 Å². The molecule has 0 aromatic heterocycles. The molecule has 0 spiro atoms. The third-order valence-electron chi connectivity index (χ3n) is 3.44. The largest absolute Gasteiger partial charge is 0.409 e. The maximum absolute atomic E-state index is 8.58. The first-order valence-corrected chi connectivity index (χ1v) is 5.59. The Kier molecular flexibility index (Phi) is 3.43. The number of oxime groups is 1. The molecule has 2 atom stereocenters. The van der Waals surface area contributed by atoms with Crippen LogP contribution in [-0.2, 0) is 4.74 Å². The summed E-state index contributed by atoms with van der Waals surface area (Å²) < 4.78 is 5.57. The Labute approximate surface area is 89.9 Å². The van der Waals surface area contributed by atoms with E-state index in [0.717, 1.165) is 19.8 Å². The van der Waals surface area contributed by atoms with E-state index in [2.05, 4.69) is 10.1 Å². The van der Waals surface area contributed by atoms with Crippen LogP contribution >= 0.6 is 0 Å². The van der Waals surface area contributed by atoms with E-state index >= 15 is 0 Å². The first kappa shape index (κ1) is 10.7. The summed E-state index contributed by atoms with van der Waals surface area (Å²) in [6, 6.07) is 0.563. The van der Waals surface area contributed by atoms with Gasteiger partial charge >= 0.3 is 0 Å². The fourth-order valence-electron chi connectivity index (χ4n) is 2.71. The summed E-state index contributed by atoms with van der Waals surface area (Å²) in [5.41, 5.74) is 5.56. The lowest BCUT2D eigenvalue weighted by Crippen LogP contribution is -2.43. The minimum Gasteiger partial charge on any atom is -0.409 e. The Bertz CT molecular complexity index is 245. The second-order valence-corrected chi connectivity index (χ2v) is 4.40. The zero-order valence-electron chi connectivity index (χ0n) is 8.93. The predicted octanol–water partition coefficient (Wildman–Crippen LogP) is 0.234. The van der Waals surface area contributed by atoms with E-state index in [0.29, 0.717) is 24.3 Å². The number of hydrogen-bond acceptors (Lipinski definition) is 4. The first-order valence-electron chi connectivity index (χ1n) is 5.59. The monoisotopic (exact) mass is 213 g/mol. The summed E-state index contributed by atoms with van der Waals surface area (Å²) in [5.74, 6) is 0.932. The van der Waals surface area contributed by atoms with Crippen LogP contribution < -0.4 is 5.73 Å². The van der Waals surface area contributed by atoms with E-state index < -0.39 is 0 Å². The van der Waals surface area contributed by atoms with E-state index in [1.807, 2.05) is 0 Å². The van der Waals surface area contributed by atoms with E-state index in [1.54, 1.807) is 0 Å². The van der Waals surface area contributed by atoms with Gasteiger partial charge in [-0.05, 0) is 18.8 Å². The quantitative estimate of drug-likeness (QED) is 0.298. The molecule has 1 heterocycles. The normalized spacial score (nSPS) is 33.7. The molecule has 0 unspecified atom stereocenters. The standard InChI is InChI=1S/C10H19N3O2/c11-10(12-14)6-13-4-5-15-7-8-2-1-3-9(8)13/h8-9,14H,1-7H2,(H2,11,12)/t8-,9+/m0/s1. The molecule has 0 amide bonds. The predicted molar refractivity (Wildman–Crippen MR) is 56.9 cm³/mol.